The number of methoxy groups -OCH3 is 1. The summed E-state index contributed by atoms with van der Waals surface area (Å²) in [5.74, 6) is 0.238. The van der Waals surface area contributed by atoms with Crippen molar-refractivity contribution in [2.75, 3.05) is 7.11 Å². The molecule has 3 atom stereocenters. The maximum absolute atomic E-state index is 13.4. The standard InChI is InChI=1S/C30H28N4O6S/c1-40-20-10-11-21-22(15-20)19(13-26(21)35)14-28(36)31-25(30-32-23-4-2-3-5-24(23)33-30)12-17-6-8-18(9-7-17)27-16-29(37)34-41(27,38)39/h2-11,15,19,25,27H,12-14,16H2,1H3,(H,31,36)(H,32,33)(H,34,37)/t19?,25-,27?/m0/s1. The van der Waals surface area contributed by atoms with Crippen molar-refractivity contribution >= 4 is 38.7 Å². The van der Waals surface area contributed by atoms with E-state index < -0.39 is 27.2 Å². The number of fused-ring (bicyclic) bond motifs is 2. The molecule has 210 valence electrons. The van der Waals surface area contributed by atoms with Gasteiger partial charge in [0.25, 0.3) is 0 Å². The van der Waals surface area contributed by atoms with E-state index in [1.54, 1.807) is 43.5 Å². The van der Waals surface area contributed by atoms with E-state index in [4.69, 9.17) is 9.72 Å². The molecule has 41 heavy (non-hydrogen) atoms. The number of rotatable bonds is 8. The fourth-order valence-electron chi connectivity index (χ4n) is 5.67. The molecule has 0 bridgehead atoms. The molecule has 1 fully saturated rings. The number of amides is 2. The van der Waals surface area contributed by atoms with E-state index in [1.807, 2.05) is 35.1 Å². The van der Waals surface area contributed by atoms with Gasteiger partial charge in [-0.2, -0.15) is 0 Å². The van der Waals surface area contributed by atoms with Crippen LogP contribution in [0.3, 0.4) is 0 Å². The predicted octanol–water partition coefficient (Wildman–Crippen LogP) is 3.62. The van der Waals surface area contributed by atoms with Gasteiger partial charge in [0.05, 0.1) is 30.6 Å². The van der Waals surface area contributed by atoms with Gasteiger partial charge in [0.1, 0.15) is 16.8 Å². The maximum atomic E-state index is 13.4. The highest BCUT2D eigenvalue weighted by molar-refractivity contribution is 7.90. The Labute approximate surface area is 236 Å². The SMILES string of the molecule is COc1ccc2c(c1)C(CC(=O)N[C@@H](Cc1ccc(C3CC(=O)NS3(=O)=O)cc1)c1nc3ccccc3[nH]1)CC2=O. The van der Waals surface area contributed by atoms with Crippen molar-refractivity contribution in [3.63, 3.8) is 0 Å². The number of benzene rings is 3. The quantitative estimate of drug-likeness (QED) is 0.292. The third-order valence-electron chi connectivity index (χ3n) is 7.73. The molecule has 2 amide bonds. The normalized spacial score (nSPS) is 20.0. The van der Waals surface area contributed by atoms with Gasteiger partial charge in [-0.15, -0.1) is 0 Å². The van der Waals surface area contributed by atoms with Crippen LogP contribution >= 0.6 is 0 Å². The van der Waals surface area contributed by atoms with Gasteiger partial charge in [0.2, 0.25) is 21.8 Å². The van der Waals surface area contributed by atoms with Crippen LogP contribution in [-0.4, -0.2) is 43.1 Å². The molecule has 1 aliphatic heterocycles. The lowest BCUT2D eigenvalue weighted by Crippen LogP contribution is -2.31. The number of ketones is 1. The smallest absolute Gasteiger partial charge is 0.242 e. The van der Waals surface area contributed by atoms with E-state index in [1.165, 1.54) is 0 Å². The summed E-state index contributed by atoms with van der Waals surface area (Å²) in [5, 5.41) is 2.18. The number of carbonyl (C=O) groups is 3. The van der Waals surface area contributed by atoms with Crippen molar-refractivity contribution in [1.29, 1.82) is 0 Å². The van der Waals surface area contributed by atoms with Gasteiger partial charge in [0.15, 0.2) is 5.78 Å². The molecule has 0 radical (unpaired) electrons. The summed E-state index contributed by atoms with van der Waals surface area (Å²) >= 11 is 0. The van der Waals surface area contributed by atoms with Gasteiger partial charge < -0.3 is 15.0 Å². The second-order valence-corrected chi connectivity index (χ2v) is 12.3. The molecule has 2 unspecified atom stereocenters. The predicted molar refractivity (Wildman–Crippen MR) is 151 cm³/mol. The first-order valence-corrected chi connectivity index (χ1v) is 14.8. The molecule has 1 saturated heterocycles. The lowest BCUT2D eigenvalue weighted by Gasteiger charge is -2.19. The largest absolute Gasteiger partial charge is 0.497 e. The molecule has 3 aromatic carbocycles. The van der Waals surface area contributed by atoms with Crippen LogP contribution in [0.5, 0.6) is 5.75 Å². The number of aromatic nitrogens is 2. The van der Waals surface area contributed by atoms with Crippen LogP contribution in [0, 0.1) is 0 Å². The number of ether oxygens (including phenoxy) is 1. The average molecular weight is 573 g/mol. The minimum absolute atomic E-state index is 0.00977. The summed E-state index contributed by atoms with van der Waals surface area (Å²) in [6.45, 7) is 0. The summed E-state index contributed by atoms with van der Waals surface area (Å²) in [5.41, 5.74) is 4.41. The summed E-state index contributed by atoms with van der Waals surface area (Å²) < 4.78 is 31.9. The summed E-state index contributed by atoms with van der Waals surface area (Å²) in [4.78, 5) is 45.6. The van der Waals surface area contributed by atoms with Gasteiger partial charge in [-0.1, -0.05) is 36.4 Å². The van der Waals surface area contributed by atoms with Crippen molar-refractivity contribution in [3.8, 4) is 5.75 Å². The zero-order valence-corrected chi connectivity index (χ0v) is 23.0. The number of hydrogen-bond acceptors (Lipinski definition) is 7. The average Bonchev–Trinajstić information content (AvgIpc) is 3.60. The first-order chi connectivity index (χ1) is 19.7. The number of carbonyl (C=O) groups excluding carboxylic acids is 3. The summed E-state index contributed by atoms with van der Waals surface area (Å²) in [6, 6.07) is 19.4. The van der Waals surface area contributed by atoms with E-state index in [0.29, 0.717) is 29.1 Å². The number of nitrogens with one attached hydrogen (secondary N) is 3. The Bertz CT molecular complexity index is 1750. The number of imidazole rings is 1. The number of H-pyrrole nitrogens is 1. The number of Topliss-reactive ketones (excluding diaryl/α,β-unsaturated/α-hetero) is 1. The molecule has 2 aliphatic rings. The molecule has 0 saturated carbocycles. The third-order valence-corrected chi connectivity index (χ3v) is 9.43. The fraction of sp³-hybridized carbons (Fsp3) is 0.267. The van der Waals surface area contributed by atoms with Gasteiger partial charge in [-0.3, -0.25) is 19.1 Å². The Balaban J connectivity index is 1.23. The first-order valence-electron chi connectivity index (χ1n) is 13.3. The molecule has 3 N–H and O–H groups in total. The van der Waals surface area contributed by atoms with E-state index in [9.17, 15) is 22.8 Å². The number of nitrogens with zero attached hydrogens (tertiary/aromatic N) is 1. The Morgan fingerprint density at radius 3 is 2.56 bits per heavy atom. The van der Waals surface area contributed by atoms with Crippen LogP contribution in [0.1, 0.15) is 69.3 Å². The molecule has 11 heteroatoms. The number of aromatic amines is 1. The maximum Gasteiger partial charge on any atom is 0.242 e. The molecular formula is C30H28N4O6S. The topological polar surface area (TPSA) is 147 Å². The number of sulfonamides is 1. The monoisotopic (exact) mass is 572 g/mol. The minimum atomic E-state index is -3.74. The highest BCUT2D eigenvalue weighted by Gasteiger charge is 2.38. The lowest BCUT2D eigenvalue weighted by molar-refractivity contribution is -0.122. The molecule has 2 heterocycles. The van der Waals surface area contributed by atoms with Crippen LogP contribution < -0.4 is 14.8 Å². The van der Waals surface area contributed by atoms with Gasteiger partial charge in [-0.05, 0) is 53.4 Å². The second kappa shape index (κ2) is 10.5. The van der Waals surface area contributed by atoms with E-state index in [-0.39, 0.29) is 36.9 Å². The number of hydrogen-bond donors (Lipinski definition) is 3. The molecule has 0 spiro atoms. The zero-order valence-electron chi connectivity index (χ0n) is 22.2. The van der Waals surface area contributed by atoms with Crippen molar-refractivity contribution in [1.82, 2.24) is 20.0 Å². The third kappa shape index (κ3) is 5.32. The molecule has 1 aromatic heterocycles. The number of para-hydroxylation sites is 2. The van der Waals surface area contributed by atoms with Crippen LogP contribution in [0.4, 0.5) is 0 Å². The van der Waals surface area contributed by atoms with Gasteiger partial charge >= 0.3 is 0 Å². The second-order valence-electron chi connectivity index (χ2n) is 10.4. The molecule has 4 aromatic rings. The van der Waals surface area contributed by atoms with Crippen molar-refractivity contribution in [2.24, 2.45) is 0 Å². The van der Waals surface area contributed by atoms with Crippen LogP contribution in [0.15, 0.2) is 66.7 Å². The highest BCUT2D eigenvalue weighted by atomic mass is 32.2. The Morgan fingerprint density at radius 1 is 1.07 bits per heavy atom. The Hall–Kier alpha value is -4.51. The summed E-state index contributed by atoms with van der Waals surface area (Å²) in [6.07, 6.45) is 0.655. The zero-order chi connectivity index (χ0) is 28.7. The Morgan fingerprint density at radius 2 is 1.85 bits per heavy atom. The molecule has 6 rings (SSSR count). The van der Waals surface area contributed by atoms with Crippen LogP contribution in [0.25, 0.3) is 11.0 Å². The lowest BCUT2D eigenvalue weighted by atomic mass is 9.96. The van der Waals surface area contributed by atoms with Crippen molar-refractivity contribution < 1.29 is 27.5 Å². The van der Waals surface area contributed by atoms with Crippen LogP contribution in [0.2, 0.25) is 0 Å². The first kappa shape index (κ1) is 26.7. The molecule has 1 aliphatic carbocycles. The van der Waals surface area contributed by atoms with Crippen molar-refractivity contribution in [2.45, 2.75) is 42.9 Å². The minimum Gasteiger partial charge on any atom is -0.497 e. The van der Waals surface area contributed by atoms with Gasteiger partial charge in [0, 0.05) is 24.3 Å². The fourth-order valence-corrected chi connectivity index (χ4v) is 7.10. The Kier molecular flexibility index (Phi) is 6.82. The van der Waals surface area contributed by atoms with E-state index in [0.717, 1.165) is 22.2 Å². The summed E-state index contributed by atoms with van der Waals surface area (Å²) in [7, 11) is -2.18. The molecular weight excluding hydrogens is 544 g/mol. The van der Waals surface area contributed by atoms with Gasteiger partial charge in [-0.25, -0.2) is 13.4 Å². The van der Waals surface area contributed by atoms with Crippen molar-refractivity contribution in [3.05, 3.63) is 94.8 Å². The van der Waals surface area contributed by atoms with E-state index >= 15 is 0 Å². The van der Waals surface area contributed by atoms with E-state index in [2.05, 4.69) is 10.3 Å². The molecule has 10 nitrogen and oxygen atoms in total. The highest BCUT2D eigenvalue weighted by Crippen LogP contribution is 2.38. The van der Waals surface area contributed by atoms with Crippen LogP contribution in [-0.2, 0) is 26.0 Å².